The first-order chi connectivity index (χ1) is 10.8. The van der Waals surface area contributed by atoms with E-state index in [1.807, 2.05) is 0 Å². The summed E-state index contributed by atoms with van der Waals surface area (Å²) in [6.45, 7) is 1.72. The lowest BCUT2D eigenvalue weighted by atomic mass is 10.1. The number of hydrogen-bond acceptors (Lipinski definition) is 3. The number of carbonyl (C=O) groups is 1. The molecule has 5 nitrogen and oxygen atoms in total. The first-order valence-corrected chi connectivity index (χ1v) is 8.79. The summed E-state index contributed by atoms with van der Waals surface area (Å²) in [4.78, 5) is 11.8. The van der Waals surface area contributed by atoms with Gasteiger partial charge in [-0.15, -0.1) is 0 Å². The van der Waals surface area contributed by atoms with Crippen LogP contribution in [0.2, 0.25) is 10.0 Å². The molecular formula is C15H14Cl2N2O3S. The SMILES string of the molecule is CNC(=O)c1cc(S(=O)(=O)Nc2c(Cl)cccc2Cl)ccc1C. The normalized spacial score (nSPS) is 11.1. The standard InChI is InChI=1S/C15H14Cl2N2O3S/c1-9-6-7-10(8-11(9)15(20)18-2)23(21,22)19-14-12(16)4-3-5-13(14)17/h3-8,19H,1-2H3,(H,18,20). The summed E-state index contributed by atoms with van der Waals surface area (Å²) in [7, 11) is -2.46. The molecule has 0 aromatic heterocycles. The van der Waals surface area contributed by atoms with Gasteiger partial charge in [0.25, 0.3) is 15.9 Å². The average molecular weight is 373 g/mol. The van der Waals surface area contributed by atoms with Crippen molar-refractivity contribution in [3.63, 3.8) is 0 Å². The smallest absolute Gasteiger partial charge is 0.262 e. The molecule has 2 rings (SSSR count). The molecule has 0 heterocycles. The second-order valence-corrected chi connectivity index (χ2v) is 7.25. The molecular weight excluding hydrogens is 359 g/mol. The predicted molar refractivity (Wildman–Crippen MR) is 91.8 cm³/mol. The van der Waals surface area contributed by atoms with Gasteiger partial charge in [0.2, 0.25) is 0 Å². The van der Waals surface area contributed by atoms with Gasteiger partial charge in [-0.25, -0.2) is 8.42 Å². The van der Waals surface area contributed by atoms with E-state index in [0.29, 0.717) is 5.56 Å². The van der Waals surface area contributed by atoms with E-state index in [9.17, 15) is 13.2 Å². The molecule has 0 aliphatic rings. The minimum Gasteiger partial charge on any atom is -0.355 e. The minimum atomic E-state index is -3.94. The molecule has 0 saturated carbocycles. The Morgan fingerprint density at radius 3 is 2.26 bits per heavy atom. The number of para-hydroxylation sites is 1. The largest absolute Gasteiger partial charge is 0.355 e. The van der Waals surface area contributed by atoms with E-state index >= 15 is 0 Å². The number of amides is 1. The van der Waals surface area contributed by atoms with Crippen molar-refractivity contribution in [3.8, 4) is 0 Å². The maximum Gasteiger partial charge on any atom is 0.262 e. The van der Waals surface area contributed by atoms with Gasteiger partial charge in [0.15, 0.2) is 0 Å². The number of anilines is 1. The molecule has 8 heteroatoms. The topological polar surface area (TPSA) is 75.3 Å². The Bertz CT molecular complexity index is 847. The Morgan fingerprint density at radius 1 is 1.09 bits per heavy atom. The Kier molecular flexibility index (Phi) is 5.19. The molecule has 0 unspecified atom stereocenters. The average Bonchev–Trinajstić information content (AvgIpc) is 2.50. The molecule has 0 spiro atoms. The van der Waals surface area contributed by atoms with E-state index < -0.39 is 10.0 Å². The Hall–Kier alpha value is -1.76. The summed E-state index contributed by atoms with van der Waals surface area (Å²) >= 11 is 12.0. The van der Waals surface area contributed by atoms with Crippen LogP contribution in [0.25, 0.3) is 0 Å². The second-order valence-electron chi connectivity index (χ2n) is 4.76. The highest BCUT2D eigenvalue weighted by atomic mass is 35.5. The predicted octanol–water partition coefficient (Wildman–Crippen LogP) is 3.46. The van der Waals surface area contributed by atoms with Crippen LogP contribution < -0.4 is 10.0 Å². The number of sulfonamides is 1. The van der Waals surface area contributed by atoms with Gasteiger partial charge in [-0.2, -0.15) is 0 Å². The zero-order valence-corrected chi connectivity index (χ0v) is 14.7. The van der Waals surface area contributed by atoms with E-state index in [-0.39, 0.29) is 32.1 Å². The fourth-order valence-corrected chi connectivity index (χ4v) is 3.67. The number of carbonyl (C=O) groups excluding carboxylic acids is 1. The van der Waals surface area contributed by atoms with Crippen LogP contribution in [0.5, 0.6) is 0 Å². The third kappa shape index (κ3) is 3.77. The maximum absolute atomic E-state index is 12.5. The molecule has 0 aliphatic carbocycles. The van der Waals surface area contributed by atoms with Crippen molar-refractivity contribution >= 4 is 44.8 Å². The third-order valence-electron chi connectivity index (χ3n) is 3.19. The second kappa shape index (κ2) is 6.78. The quantitative estimate of drug-likeness (QED) is 0.862. The van der Waals surface area contributed by atoms with Crippen LogP contribution in [0.15, 0.2) is 41.3 Å². The summed E-state index contributed by atoms with van der Waals surface area (Å²) in [5.74, 6) is -0.365. The van der Waals surface area contributed by atoms with Crippen molar-refractivity contribution in [2.24, 2.45) is 0 Å². The van der Waals surface area contributed by atoms with Crippen LogP contribution in [0.3, 0.4) is 0 Å². The van der Waals surface area contributed by atoms with Crippen molar-refractivity contribution in [2.45, 2.75) is 11.8 Å². The van der Waals surface area contributed by atoms with Gasteiger partial charge in [-0.05, 0) is 36.8 Å². The lowest BCUT2D eigenvalue weighted by molar-refractivity contribution is 0.0962. The molecule has 0 aliphatic heterocycles. The first-order valence-electron chi connectivity index (χ1n) is 6.56. The highest BCUT2D eigenvalue weighted by Crippen LogP contribution is 2.32. The molecule has 23 heavy (non-hydrogen) atoms. The van der Waals surface area contributed by atoms with Crippen molar-refractivity contribution in [1.82, 2.24) is 5.32 Å². The zero-order chi connectivity index (χ0) is 17.2. The van der Waals surface area contributed by atoms with Crippen molar-refractivity contribution in [3.05, 3.63) is 57.6 Å². The van der Waals surface area contributed by atoms with Crippen LogP contribution >= 0.6 is 23.2 Å². The lowest BCUT2D eigenvalue weighted by Gasteiger charge is -2.13. The van der Waals surface area contributed by atoms with Crippen LogP contribution in [-0.2, 0) is 10.0 Å². The number of benzene rings is 2. The Balaban J connectivity index is 2.46. The number of aryl methyl sites for hydroxylation is 1. The minimum absolute atomic E-state index is 0.0577. The van der Waals surface area contributed by atoms with E-state index in [4.69, 9.17) is 23.2 Å². The molecule has 2 aromatic rings. The molecule has 0 atom stereocenters. The first kappa shape index (κ1) is 17.6. The fourth-order valence-electron chi connectivity index (χ4n) is 1.94. The molecule has 0 saturated heterocycles. The molecule has 0 fully saturated rings. The molecule has 2 N–H and O–H groups in total. The molecule has 0 radical (unpaired) electrons. The van der Waals surface area contributed by atoms with Crippen LogP contribution in [0, 0.1) is 6.92 Å². The summed E-state index contributed by atoms with van der Waals surface area (Å²) in [6.07, 6.45) is 0. The van der Waals surface area contributed by atoms with E-state index in [1.54, 1.807) is 19.1 Å². The third-order valence-corrected chi connectivity index (χ3v) is 5.17. The highest BCUT2D eigenvalue weighted by molar-refractivity contribution is 7.92. The van der Waals surface area contributed by atoms with Crippen molar-refractivity contribution in [1.29, 1.82) is 0 Å². The summed E-state index contributed by atoms with van der Waals surface area (Å²) < 4.78 is 27.4. The van der Waals surface area contributed by atoms with Crippen LogP contribution in [0.4, 0.5) is 5.69 Å². The van der Waals surface area contributed by atoms with Gasteiger partial charge < -0.3 is 5.32 Å². The number of rotatable bonds is 4. The number of nitrogens with one attached hydrogen (secondary N) is 2. The van der Waals surface area contributed by atoms with E-state index in [1.165, 1.54) is 31.3 Å². The van der Waals surface area contributed by atoms with Gasteiger partial charge in [-0.1, -0.05) is 35.3 Å². The monoisotopic (exact) mass is 372 g/mol. The molecule has 2 aromatic carbocycles. The van der Waals surface area contributed by atoms with Gasteiger partial charge in [0, 0.05) is 12.6 Å². The van der Waals surface area contributed by atoms with E-state index in [0.717, 1.165) is 0 Å². The number of halogens is 2. The van der Waals surface area contributed by atoms with Gasteiger partial charge in [0.1, 0.15) is 0 Å². The lowest BCUT2D eigenvalue weighted by Crippen LogP contribution is -2.20. The van der Waals surface area contributed by atoms with Gasteiger partial charge in [0.05, 0.1) is 20.6 Å². The fraction of sp³-hybridized carbons (Fsp3) is 0.133. The Labute approximate surface area is 144 Å². The summed E-state index contributed by atoms with van der Waals surface area (Å²) in [5, 5.41) is 2.83. The summed E-state index contributed by atoms with van der Waals surface area (Å²) in [6, 6.07) is 8.94. The van der Waals surface area contributed by atoms with E-state index in [2.05, 4.69) is 10.0 Å². The van der Waals surface area contributed by atoms with Gasteiger partial charge >= 0.3 is 0 Å². The summed E-state index contributed by atoms with van der Waals surface area (Å²) in [5.41, 5.74) is 1.04. The molecule has 122 valence electrons. The maximum atomic E-state index is 12.5. The highest BCUT2D eigenvalue weighted by Gasteiger charge is 2.20. The van der Waals surface area contributed by atoms with Gasteiger partial charge in [-0.3, -0.25) is 9.52 Å². The molecule has 1 amide bonds. The van der Waals surface area contributed by atoms with Crippen molar-refractivity contribution in [2.75, 3.05) is 11.8 Å². The van der Waals surface area contributed by atoms with Crippen LogP contribution in [-0.4, -0.2) is 21.4 Å². The Morgan fingerprint density at radius 2 is 1.70 bits per heavy atom. The van der Waals surface area contributed by atoms with Crippen molar-refractivity contribution < 1.29 is 13.2 Å². The number of hydrogen-bond donors (Lipinski definition) is 2. The zero-order valence-electron chi connectivity index (χ0n) is 12.4. The van der Waals surface area contributed by atoms with Crippen LogP contribution in [0.1, 0.15) is 15.9 Å². The molecule has 0 bridgehead atoms.